The molecule has 136 valence electrons. The maximum Gasteiger partial charge on any atom is 0.119 e. The predicted octanol–water partition coefficient (Wildman–Crippen LogP) is 4.96. The molecular formula is C21H36N2O. The van der Waals surface area contributed by atoms with Crippen molar-refractivity contribution < 1.29 is 4.74 Å². The molecular weight excluding hydrogens is 296 g/mol. The van der Waals surface area contributed by atoms with Crippen LogP contribution < -0.4 is 9.64 Å². The van der Waals surface area contributed by atoms with Gasteiger partial charge in [-0.25, -0.2) is 0 Å². The number of likely N-dealkylation sites (tertiary alicyclic amines) is 1. The molecule has 0 N–H and O–H groups in total. The summed E-state index contributed by atoms with van der Waals surface area (Å²) in [6.45, 7) is 12.3. The summed E-state index contributed by atoms with van der Waals surface area (Å²) in [5.74, 6) is 1.00. The lowest BCUT2D eigenvalue weighted by Gasteiger charge is -2.24. The fourth-order valence-corrected chi connectivity index (χ4v) is 3.77. The van der Waals surface area contributed by atoms with Crippen LogP contribution in [-0.2, 0) is 0 Å². The molecule has 0 aromatic heterocycles. The van der Waals surface area contributed by atoms with Crippen molar-refractivity contribution in [1.29, 1.82) is 0 Å². The van der Waals surface area contributed by atoms with Crippen molar-refractivity contribution >= 4 is 5.69 Å². The Morgan fingerprint density at radius 1 is 1.08 bits per heavy atom. The first-order valence-corrected chi connectivity index (χ1v) is 10.00. The van der Waals surface area contributed by atoms with Crippen LogP contribution in [0.5, 0.6) is 5.75 Å². The summed E-state index contributed by atoms with van der Waals surface area (Å²) < 4.78 is 5.94. The summed E-state index contributed by atoms with van der Waals surface area (Å²) >= 11 is 0. The molecule has 1 aliphatic heterocycles. The van der Waals surface area contributed by atoms with Crippen LogP contribution in [0.3, 0.4) is 0 Å². The molecule has 24 heavy (non-hydrogen) atoms. The highest BCUT2D eigenvalue weighted by molar-refractivity contribution is 5.49. The van der Waals surface area contributed by atoms with Gasteiger partial charge in [0.1, 0.15) is 5.75 Å². The Morgan fingerprint density at radius 2 is 1.79 bits per heavy atom. The molecule has 1 fully saturated rings. The molecule has 1 atom stereocenters. The number of ether oxygens (including phenoxy) is 1. The van der Waals surface area contributed by atoms with E-state index in [1.165, 1.54) is 50.9 Å². The van der Waals surface area contributed by atoms with Crippen molar-refractivity contribution in [2.45, 2.75) is 65.3 Å². The van der Waals surface area contributed by atoms with Crippen molar-refractivity contribution in [3.8, 4) is 5.75 Å². The number of anilines is 1. The van der Waals surface area contributed by atoms with Crippen LogP contribution in [0.2, 0.25) is 0 Å². The Morgan fingerprint density at radius 3 is 2.42 bits per heavy atom. The number of benzene rings is 1. The SMILES string of the molecule is CCCN(CCC)c1ccc(OCCCN2CCCC2CC)cc1. The minimum absolute atomic E-state index is 0.812. The Bertz CT molecular complexity index is 440. The molecule has 2 rings (SSSR count). The minimum Gasteiger partial charge on any atom is -0.494 e. The Labute approximate surface area is 149 Å². The molecule has 3 heteroatoms. The summed E-state index contributed by atoms with van der Waals surface area (Å²) in [7, 11) is 0. The molecule has 1 aromatic carbocycles. The van der Waals surface area contributed by atoms with E-state index in [1.807, 2.05) is 0 Å². The van der Waals surface area contributed by atoms with Crippen LogP contribution in [-0.4, -0.2) is 43.7 Å². The van der Waals surface area contributed by atoms with Gasteiger partial charge in [0.2, 0.25) is 0 Å². The van der Waals surface area contributed by atoms with E-state index in [1.54, 1.807) is 0 Å². The first-order chi connectivity index (χ1) is 11.8. The molecule has 0 spiro atoms. The largest absolute Gasteiger partial charge is 0.494 e. The predicted molar refractivity (Wildman–Crippen MR) is 104 cm³/mol. The molecule has 0 amide bonds. The zero-order valence-electron chi connectivity index (χ0n) is 16.0. The van der Waals surface area contributed by atoms with Crippen molar-refractivity contribution in [1.82, 2.24) is 4.90 Å². The van der Waals surface area contributed by atoms with Gasteiger partial charge in [0.05, 0.1) is 6.61 Å². The van der Waals surface area contributed by atoms with Crippen LogP contribution in [0, 0.1) is 0 Å². The molecule has 1 aliphatic rings. The third-order valence-corrected chi connectivity index (χ3v) is 5.02. The summed E-state index contributed by atoms with van der Waals surface area (Å²) in [4.78, 5) is 5.10. The van der Waals surface area contributed by atoms with E-state index in [0.29, 0.717) is 0 Å². The number of rotatable bonds is 11. The van der Waals surface area contributed by atoms with Gasteiger partial charge >= 0.3 is 0 Å². The second kappa shape index (κ2) is 10.6. The molecule has 1 heterocycles. The van der Waals surface area contributed by atoms with E-state index in [4.69, 9.17) is 4.74 Å². The average molecular weight is 333 g/mol. The monoisotopic (exact) mass is 332 g/mol. The average Bonchev–Trinajstić information content (AvgIpc) is 3.06. The molecule has 1 aromatic rings. The van der Waals surface area contributed by atoms with Crippen LogP contribution >= 0.6 is 0 Å². The van der Waals surface area contributed by atoms with Gasteiger partial charge in [-0.05, 0) is 69.3 Å². The van der Waals surface area contributed by atoms with E-state index in [2.05, 4.69) is 54.8 Å². The number of nitrogens with zero attached hydrogens (tertiary/aromatic N) is 2. The van der Waals surface area contributed by atoms with E-state index < -0.39 is 0 Å². The Hall–Kier alpha value is -1.22. The third kappa shape index (κ3) is 5.70. The van der Waals surface area contributed by atoms with E-state index in [9.17, 15) is 0 Å². The van der Waals surface area contributed by atoms with Crippen LogP contribution in [0.15, 0.2) is 24.3 Å². The topological polar surface area (TPSA) is 15.7 Å². The van der Waals surface area contributed by atoms with Gasteiger partial charge in [-0.2, -0.15) is 0 Å². The van der Waals surface area contributed by atoms with E-state index in [0.717, 1.165) is 37.9 Å². The molecule has 0 saturated carbocycles. The fourth-order valence-electron chi connectivity index (χ4n) is 3.77. The van der Waals surface area contributed by atoms with Crippen LogP contribution in [0.4, 0.5) is 5.69 Å². The van der Waals surface area contributed by atoms with Gasteiger partial charge in [-0.3, -0.25) is 0 Å². The lowest BCUT2D eigenvalue weighted by Crippen LogP contribution is -2.30. The quantitative estimate of drug-likeness (QED) is 0.533. The molecule has 3 nitrogen and oxygen atoms in total. The van der Waals surface area contributed by atoms with Crippen LogP contribution in [0.1, 0.15) is 59.3 Å². The smallest absolute Gasteiger partial charge is 0.119 e. The first kappa shape index (κ1) is 19.1. The van der Waals surface area contributed by atoms with E-state index in [-0.39, 0.29) is 0 Å². The van der Waals surface area contributed by atoms with Gasteiger partial charge < -0.3 is 14.5 Å². The molecule has 0 radical (unpaired) electrons. The third-order valence-electron chi connectivity index (χ3n) is 5.02. The highest BCUT2D eigenvalue weighted by Gasteiger charge is 2.21. The maximum atomic E-state index is 5.94. The summed E-state index contributed by atoms with van der Waals surface area (Å²) in [5, 5.41) is 0. The normalized spacial score (nSPS) is 18.0. The molecule has 0 aliphatic carbocycles. The first-order valence-electron chi connectivity index (χ1n) is 10.00. The number of hydrogen-bond donors (Lipinski definition) is 0. The Balaban J connectivity index is 1.73. The molecule has 1 unspecified atom stereocenters. The van der Waals surface area contributed by atoms with Gasteiger partial charge in [-0.15, -0.1) is 0 Å². The second-order valence-corrected chi connectivity index (χ2v) is 6.92. The minimum atomic E-state index is 0.812. The van der Waals surface area contributed by atoms with Gasteiger partial charge in [-0.1, -0.05) is 20.8 Å². The zero-order valence-corrected chi connectivity index (χ0v) is 16.0. The van der Waals surface area contributed by atoms with E-state index >= 15 is 0 Å². The molecule has 1 saturated heterocycles. The summed E-state index contributed by atoms with van der Waals surface area (Å²) in [5.41, 5.74) is 1.31. The van der Waals surface area contributed by atoms with Gasteiger partial charge in [0.15, 0.2) is 0 Å². The van der Waals surface area contributed by atoms with Crippen molar-refractivity contribution in [2.75, 3.05) is 37.7 Å². The zero-order chi connectivity index (χ0) is 17.2. The van der Waals surface area contributed by atoms with Gasteiger partial charge in [0, 0.05) is 31.4 Å². The standard InChI is InChI=1S/C21H36N2O/c1-4-14-22(15-5-2)20-10-12-21(13-11-20)24-18-8-17-23-16-7-9-19(23)6-3/h10-13,19H,4-9,14-18H2,1-3H3. The fraction of sp³-hybridized carbons (Fsp3) is 0.714. The lowest BCUT2D eigenvalue weighted by atomic mass is 10.2. The number of hydrogen-bond acceptors (Lipinski definition) is 3. The maximum absolute atomic E-state index is 5.94. The van der Waals surface area contributed by atoms with Crippen LogP contribution in [0.25, 0.3) is 0 Å². The van der Waals surface area contributed by atoms with Crippen molar-refractivity contribution in [3.05, 3.63) is 24.3 Å². The Kier molecular flexibility index (Phi) is 8.44. The highest BCUT2D eigenvalue weighted by Crippen LogP contribution is 2.21. The lowest BCUT2D eigenvalue weighted by molar-refractivity contribution is 0.217. The summed E-state index contributed by atoms with van der Waals surface area (Å²) in [6, 6.07) is 9.46. The van der Waals surface area contributed by atoms with Gasteiger partial charge in [0.25, 0.3) is 0 Å². The van der Waals surface area contributed by atoms with Crippen molar-refractivity contribution in [2.24, 2.45) is 0 Å². The highest BCUT2D eigenvalue weighted by atomic mass is 16.5. The van der Waals surface area contributed by atoms with Crippen molar-refractivity contribution in [3.63, 3.8) is 0 Å². The molecule has 0 bridgehead atoms. The summed E-state index contributed by atoms with van der Waals surface area (Å²) in [6.07, 6.45) is 7.53. The second-order valence-electron chi connectivity index (χ2n) is 6.92.